The van der Waals surface area contributed by atoms with Crippen LogP contribution in [0.15, 0.2) is 24.3 Å². The lowest BCUT2D eigenvalue weighted by Crippen LogP contribution is -2.46. The standard InChI is InChI=1S/C12H13N3O/c13-9-10-1-3-11(4-2-10)12(16)15-7-5-14-6-8-15/h1-4,14H,5-8H2. The van der Waals surface area contributed by atoms with E-state index < -0.39 is 0 Å². The van der Waals surface area contributed by atoms with E-state index in [9.17, 15) is 4.79 Å². The van der Waals surface area contributed by atoms with Crippen molar-refractivity contribution in [2.75, 3.05) is 26.2 Å². The molecule has 82 valence electrons. The van der Waals surface area contributed by atoms with Gasteiger partial charge in [-0.25, -0.2) is 0 Å². The lowest BCUT2D eigenvalue weighted by Gasteiger charge is -2.27. The summed E-state index contributed by atoms with van der Waals surface area (Å²) in [4.78, 5) is 13.8. The van der Waals surface area contributed by atoms with Crippen LogP contribution < -0.4 is 5.32 Å². The second-order valence-corrected chi connectivity index (χ2v) is 3.73. The van der Waals surface area contributed by atoms with Gasteiger partial charge in [-0.05, 0) is 24.3 Å². The highest BCUT2D eigenvalue weighted by Crippen LogP contribution is 2.07. The molecule has 1 aromatic rings. The number of carbonyl (C=O) groups is 1. The Morgan fingerprint density at radius 1 is 1.25 bits per heavy atom. The van der Waals surface area contributed by atoms with E-state index in [1.807, 2.05) is 11.0 Å². The van der Waals surface area contributed by atoms with Crippen molar-refractivity contribution < 1.29 is 4.79 Å². The molecule has 4 nitrogen and oxygen atoms in total. The van der Waals surface area contributed by atoms with Crippen molar-refractivity contribution in [2.24, 2.45) is 0 Å². The molecule has 1 aromatic carbocycles. The first-order valence-corrected chi connectivity index (χ1v) is 5.31. The van der Waals surface area contributed by atoms with Crippen LogP contribution in [-0.2, 0) is 0 Å². The fourth-order valence-electron chi connectivity index (χ4n) is 1.74. The minimum Gasteiger partial charge on any atom is -0.336 e. The molecule has 4 heteroatoms. The maximum Gasteiger partial charge on any atom is 0.253 e. The SMILES string of the molecule is N#Cc1ccc(C(=O)N2CCNCC2)cc1. The van der Waals surface area contributed by atoms with Crippen molar-refractivity contribution in [3.8, 4) is 6.07 Å². The van der Waals surface area contributed by atoms with E-state index in [4.69, 9.17) is 5.26 Å². The third-order valence-corrected chi connectivity index (χ3v) is 2.67. The molecule has 0 unspecified atom stereocenters. The largest absolute Gasteiger partial charge is 0.336 e. The van der Waals surface area contributed by atoms with Gasteiger partial charge in [0.1, 0.15) is 0 Å². The summed E-state index contributed by atoms with van der Waals surface area (Å²) in [7, 11) is 0. The lowest BCUT2D eigenvalue weighted by molar-refractivity contribution is 0.0736. The summed E-state index contributed by atoms with van der Waals surface area (Å²) in [6, 6.07) is 8.81. The Bertz CT molecular complexity index is 413. The van der Waals surface area contributed by atoms with E-state index >= 15 is 0 Å². The van der Waals surface area contributed by atoms with Crippen LogP contribution in [0.3, 0.4) is 0 Å². The highest BCUT2D eigenvalue weighted by molar-refractivity contribution is 5.94. The van der Waals surface area contributed by atoms with Gasteiger partial charge >= 0.3 is 0 Å². The summed E-state index contributed by atoms with van der Waals surface area (Å²) in [5, 5.41) is 11.9. The van der Waals surface area contributed by atoms with Gasteiger partial charge in [0.15, 0.2) is 0 Å². The summed E-state index contributed by atoms with van der Waals surface area (Å²) in [6.45, 7) is 3.20. The zero-order valence-corrected chi connectivity index (χ0v) is 8.94. The molecule has 1 amide bonds. The van der Waals surface area contributed by atoms with Crippen LogP contribution in [0, 0.1) is 11.3 Å². The number of hydrogen-bond acceptors (Lipinski definition) is 3. The Morgan fingerprint density at radius 2 is 1.88 bits per heavy atom. The average Bonchev–Trinajstić information content (AvgIpc) is 2.39. The van der Waals surface area contributed by atoms with Gasteiger partial charge in [-0.2, -0.15) is 5.26 Å². The van der Waals surface area contributed by atoms with E-state index in [1.165, 1.54) is 0 Å². The van der Waals surface area contributed by atoms with Crippen LogP contribution in [0.1, 0.15) is 15.9 Å². The summed E-state index contributed by atoms with van der Waals surface area (Å²) in [5.74, 6) is 0.0472. The minimum absolute atomic E-state index is 0.0472. The van der Waals surface area contributed by atoms with Gasteiger partial charge in [0.25, 0.3) is 5.91 Å². The van der Waals surface area contributed by atoms with E-state index in [1.54, 1.807) is 24.3 Å². The Kier molecular flexibility index (Phi) is 3.18. The molecule has 0 atom stereocenters. The number of piperazine rings is 1. The van der Waals surface area contributed by atoms with Crippen LogP contribution in [-0.4, -0.2) is 37.0 Å². The summed E-state index contributed by atoms with van der Waals surface area (Å²) in [5.41, 5.74) is 1.23. The van der Waals surface area contributed by atoms with Gasteiger partial charge < -0.3 is 10.2 Å². The molecule has 1 saturated heterocycles. The topological polar surface area (TPSA) is 56.1 Å². The molecule has 1 aliphatic heterocycles. The molecule has 0 bridgehead atoms. The predicted octanol–water partition coefficient (Wildman–Crippen LogP) is 0.604. The summed E-state index contributed by atoms with van der Waals surface area (Å²) in [6.07, 6.45) is 0. The Morgan fingerprint density at radius 3 is 2.44 bits per heavy atom. The van der Waals surface area contributed by atoms with Gasteiger partial charge in [0, 0.05) is 31.7 Å². The van der Waals surface area contributed by atoms with Gasteiger partial charge in [0.05, 0.1) is 11.6 Å². The van der Waals surface area contributed by atoms with E-state index in [2.05, 4.69) is 5.32 Å². The normalized spacial score (nSPS) is 15.6. The molecule has 1 heterocycles. The van der Waals surface area contributed by atoms with Crippen LogP contribution in [0.5, 0.6) is 0 Å². The maximum absolute atomic E-state index is 12.0. The Hall–Kier alpha value is -1.86. The van der Waals surface area contributed by atoms with Crippen LogP contribution >= 0.6 is 0 Å². The third kappa shape index (κ3) is 2.20. The molecule has 1 fully saturated rings. The lowest BCUT2D eigenvalue weighted by atomic mass is 10.1. The zero-order chi connectivity index (χ0) is 11.4. The second-order valence-electron chi connectivity index (χ2n) is 3.73. The average molecular weight is 215 g/mol. The Labute approximate surface area is 94.5 Å². The van der Waals surface area contributed by atoms with Crippen molar-refractivity contribution >= 4 is 5.91 Å². The Balaban J connectivity index is 2.11. The van der Waals surface area contributed by atoms with E-state index in [0.29, 0.717) is 11.1 Å². The number of nitriles is 1. The molecular weight excluding hydrogens is 202 g/mol. The van der Waals surface area contributed by atoms with Crippen molar-refractivity contribution in [1.82, 2.24) is 10.2 Å². The van der Waals surface area contributed by atoms with Gasteiger partial charge in [-0.1, -0.05) is 0 Å². The van der Waals surface area contributed by atoms with Gasteiger partial charge in [-0.3, -0.25) is 4.79 Å². The molecule has 1 aliphatic rings. The van der Waals surface area contributed by atoms with E-state index in [0.717, 1.165) is 26.2 Å². The quantitative estimate of drug-likeness (QED) is 0.746. The number of rotatable bonds is 1. The molecule has 0 spiro atoms. The maximum atomic E-state index is 12.0. The van der Waals surface area contributed by atoms with Crippen molar-refractivity contribution in [1.29, 1.82) is 5.26 Å². The molecule has 0 aliphatic carbocycles. The van der Waals surface area contributed by atoms with E-state index in [-0.39, 0.29) is 5.91 Å². The number of hydrogen-bond donors (Lipinski definition) is 1. The molecule has 0 aromatic heterocycles. The number of carbonyl (C=O) groups excluding carboxylic acids is 1. The smallest absolute Gasteiger partial charge is 0.253 e. The molecule has 0 saturated carbocycles. The van der Waals surface area contributed by atoms with Crippen LogP contribution in [0.4, 0.5) is 0 Å². The van der Waals surface area contributed by atoms with Crippen LogP contribution in [0.25, 0.3) is 0 Å². The highest BCUT2D eigenvalue weighted by Gasteiger charge is 2.17. The third-order valence-electron chi connectivity index (χ3n) is 2.67. The molecule has 2 rings (SSSR count). The van der Waals surface area contributed by atoms with Crippen molar-refractivity contribution in [3.05, 3.63) is 35.4 Å². The van der Waals surface area contributed by atoms with Gasteiger partial charge in [-0.15, -0.1) is 0 Å². The highest BCUT2D eigenvalue weighted by atomic mass is 16.2. The summed E-state index contributed by atoms with van der Waals surface area (Å²) >= 11 is 0. The first-order valence-electron chi connectivity index (χ1n) is 5.31. The fourth-order valence-corrected chi connectivity index (χ4v) is 1.74. The molecule has 0 radical (unpaired) electrons. The van der Waals surface area contributed by atoms with Crippen molar-refractivity contribution in [3.63, 3.8) is 0 Å². The molecule has 1 N–H and O–H groups in total. The van der Waals surface area contributed by atoms with Crippen LogP contribution in [0.2, 0.25) is 0 Å². The monoisotopic (exact) mass is 215 g/mol. The molecule has 16 heavy (non-hydrogen) atoms. The fraction of sp³-hybridized carbons (Fsp3) is 0.333. The predicted molar refractivity (Wildman–Crippen MR) is 59.9 cm³/mol. The first-order chi connectivity index (χ1) is 7.81. The first kappa shape index (κ1) is 10.7. The van der Waals surface area contributed by atoms with Crippen molar-refractivity contribution in [2.45, 2.75) is 0 Å². The van der Waals surface area contributed by atoms with Gasteiger partial charge in [0.2, 0.25) is 0 Å². The number of nitrogens with one attached hydrogen (secondary N) is 1. The molecular formula is C12H13N3O. The summed E-state index contributed by atoms with van der Waals surface area (Å²) < 4.78 is 0. The second kappa shape index (κ2) is 4.77. The number of nitrogens with zero attached hydrogens (tertiary/aromatic N) is 2. The number of amides is 1. The zero-order valence-electron chi connectivity index (χ0n) is 8.94. The minimum atomic E-state index is 0.0472. The number of benzene rings is 1.